The van der Waals surface area contributed by atoms with Gasteiger partial charge in [0.05, 0.1) is 0 Å². The van der Waals surface area contributed by atoms with Gasteiger partial charge in [0.1, 0.15) is 0 Å². The summed E-state index contributed by atoms with van der Waals surface area (Å²) in [5.74, 6) is 0. The summed E-state index contributed by atoms with van der Waals surface area (Å²) in [4.78, 5) is 0. The minimum absolute atomic E-state index is 0. The zero-order valence-electron chi connectivity index (χ0n) is 5.29. The second-order valence-electron chi connectivity index (χ2n) is 1.50. The average Bonchev–Trinajstić information content (AvgIpc) is 1.72. The Labute approximate surface area is 81.1 Å². The van der Waals surface area contributed by atoms with Crippen molar-refractivity contribution in [3.63, 3.8) is 0 Å². The smallest absolute Gasteiger partial charge is 1.00 e. The molecule has 0 saturated carbocycles. The molecule has 0 atom stereocenters. The summed E-state index contributed by atoms with van der Waals surface area (Å²) < 4.78 is 0. The van der Waals surface area contributed by atoms with E-state index < -0.39 is 0 Å². The van der Waals surface area contributed by atoms with E-state index in [1.165, 1.54) is 0 Å². The van der Waals surface area contributed by atoms with Gasteiger partial charge in [0.25, 0.3) is 0 Å². The van der Waals surface area contributed by atoms with Gasteiger partial charge in [0.15, 0.2) is 0 Å². The summed E-state index contributed by atoms with van der Waals surface area (Å²) in [5, 5.41) is 6.44. The van der Waals surface area contributed by atoms with E-state index in [1.54, 1.807) is 0 Å². The Bertz CT molecular complexity index is 32.0. The topological polar surface area (TPSA) is 24.1 Å². The fourth-order valence-electron chi connectivity index (χ4n) is 0.604. The molecule has 0 amide bonds. The predicted octanol–water partition coefficient (Wildman–Crippen LogP) is -6.82. The maximum atomic E-state index is 3.22. The van der Waals surface area contributed by atoms with Crippen LogP contribution in [0.2, 0.25) is 0 Å². The first-order chi connectivity index (χ1) is 3.00. The van der Waals surface area contributed by atoms with E-state index in [1.807, 2.05) is 0 Å². The van der Waals surface area contributed by atoms with Crippen molar-refractivity contribution in [2.45, 2.75) is 0 Å². The van der Waals surface area contributed by atoms with Gasteiger partial charge in [0, 0.05) is 26.2 Å². The van der Waals surface area contributed by atoms with Crippen molar-refractivity contribution in [3.05, 3.63) is 0 Å². The molecule has 0 aromatic rings. The van der Waals surface area contributed by atoms with Gasteiger partial charge in [-0.1, -0.05) is 0 Å². The maximum Gasteiger partial charge on any atom is 2.00 e. The van der Waals surface area contributed by atoms with Gasteiger partial charge in [-0.15, -0.1) is 0 Å². The number of hydrogen-bond donors (Lipinski definition) is 2. The Morgan fingerprint density at radius 2 is 0.889 bits per heavy atom. The zero-order valence-corrected chi connectivity index (χ0v) is 9.77. The third kappa shape index (κ3) is 9.12. The Morgan fingerprint density at radius 3 is 1.00 bits per heavy atom. The largest absolute Gasteiger partial charge is 2.00 e. The summed E-state index contributed by atoms with van der Waals surface area (Å²) in [6, 6.07) is 0. The van der Waals surface area contributed by atoms with Gasteiger partial charge in [-0.3, -0.25) is 0 Å². The summed E-state index contributed by atoms with van der Waals surface area (Å²) in [7, 11) is 0. The molecule has 1 aliphatic heterocycles. The second kappa shape index (κ2) is 11.9. The van der Waals surface area contributed by atoms with Crippen LogP contribution in [-0.4, -0.2) is 26.2 Å². The molecule has 0 unspecified atom stereocenters. The minimum Gasteiger partial charge on any atom is -1.00 e. The second-order valence-corrected chi connectivity index (χ2v) is 1.50. The first kappa shape index (κ1) is 16.6. The molecule has 52 valence electrons. The van der Waals surface area contributed by atoms with E-state index in [0.29, 0.717) is 0 Å². The number of rotatable bonds is 0. The van der Waals surface area contributed by atoms with Crippen LogP contribution >= 0.6 is 0 Å². The van der Waals surface area contributed by atoms with Crippen LogP contribution in [0.5, 0.6) is 0 Å². The molecule has 0 bridgehead atoms. The first-order valence-corrected chi connectivity index (χ1v) is 2.41. The van der Waals surface area contributed by atoms with Crippen molar-refractivity contribution in [1.29, 1.82) is 0 Å². The van der Waals surface area contributed by atoms with Gasteiger partial charge in [-0.25, -0.2) is 0 Å². The van der Waals surface area contributed by atoms with Crippen molar-refractivity contribution in [2.24, 2.45) is 0 Å². The van der Waals surface area contributed by atoms with Crippen LogP contribution in [0.1, 0.15) is 0 Å². The molecule has 0 aliphatic carbocycles. The van der Waals surface area contributed by atoms with E-state index in [2.05, 4.69) is 10.6 Å². The zero-order chi connectivity index (χ0) is 4.24. The van der Waals surface area contributed by atoms with Crippen molar-refractivity contribution in [1.82, 2.24) is 10.6 Å². The molecule has 1 heterocycles. The van der Waals surface area contributed by atoms with Crippen LogP contribution in [0.15, 0.2) is 0 Å². The van der Waals surface area contributed by atoms with Crippen LogP contribution in [-0.2, 0) is 19.5 Å². The molecule has 5 heteroatoms. The SMILES string of the molecule is C1CNCCN1.[Cl-].[Cl-].[Zn+2]. The Balaban J connectivity index is -0.000000120. The number of nitrogens with one attached hydrogen (secondary N) is 2. The number of hydrogen-bond acceptors (Lipinski definition) is 2. The van der Waals surface area contributed by atoms with Crippen molar-refractivity contribution >= 4 is 0 Å². The molecule has 9 heavy (non-hydrogen) atoms. The van der Waals surface area contributed by atoms with E-state index in [0.717, 1.165) is 26.2 Å². The Kier molecular flexibility index (Phi) is 21.9. The quantitative estimate of drug-likeness (QED) is 0.398. The molecular formula is C4H10Cl2N2Zn. The first-order valence-electron chi connectivity index (χ1n) is 2.41. The van der Waals surface area contributed by atoms with Crippen LogP contribution in [0.3, 0.4) is 0 Å². The fourth-order valence-corrected chi connectivity index (χ4v) is 0.604. The van der Waals surface area contributed by atoms with Gasteiger partial charge >= 0.3 is 19.5 Å². The molecule has 1 rings (SSSR count). The molecule has 0 aromatic heterocycles. The van der Waals surface area contributed by atoms with Crippen molar-refractivity contribution < 1.29 is 44.3 Å². The Hall–Kier alpha value is 1.12. The van der Waals surface area contributed by atoms with Crippen LogP contribution in [0.4, 0.5) is 0 Å². The summed E-state index contributed by atoms with van der Waals surface area (Å²) in [5.41, 5.74) is 0. The van der Waals surface area contributed by atoms with Gasteiger partial charge < -0.3 is 35.4 Å². The average molecular weight is 222 g/mol. The summed E-state index contributed by atoms with van der Waals surface area (Å²) in [6.07, 6.45) is 0. The molecule has 2 N–H and O–H groups in total. The van der Waals surface area contributed by atoms with E-state index in [9.17, 15) is 0 Å². The number of piperazine rings is 1. The molecule has 1 fully saturated rings. The van der Waals surface area contributed by atoms with E-state index in [-0.39, 0.29) is 44.3 Å². The number of halogens is 2. The monoisotopic (exact) mass is 220 g/mol. The maximum absolute atomic E-state index is 3.22. The van der Waals surface area contributed by atoms with Crippen molar-refractivity contribution in [2.75, 3.05) is 26.2 Å². The molecule has 2 nitrogen and oxygen atoms in total. The van der Waals surface area contributed by atoms with Crippen LogP contribution < -0.4 is 35.4 Å². The van der Waals surface area contributed by atoms with Gasteiger partial charge in [-0.05, 0) is 0 Å². The van der Waals surface area contributed by atoms with Crippen molar-refractivity contribution in [3.8, 4) is 0 Å². The minimum atomic E-state index is 0. The third-order valence-corrected chi connectivity index (χ3v) is 0.957. The third-order valence-electron chi connectivity index (χ3n) is 0.957. The molecule has 0 aromatic carbocycles. The van der Waals surface area contributed by atoms with E-state index in [4.69, 9.17) is 0 Å². The van der Waals surface area contributed by atoms with Crippen LogP contribution in [0.25, 0.3) is 0 Å². The predicted molar refractivity (Wildman–Crippen MR) is 25.7 cm³/mol. The van der Waals surface area contributed by atoms with E-state index >= 15 is 0 Å². The molecule has 1 aliphatic rings. The molecule has 0 radical (unpaired) electrons. The summed E-state index contributed by atoms with van der Waals surface area (Å²) in [6.45, 7) is 4.56. The van der Waals surface area contributed by atoms with Crippen LogP contribution in [0, 0.1) is 0 Å². The summed E-state index contributed by atoms with van der Waals surface area (Å²) >= 11 is 0. The molecule has 0 spiro atoms. The standard InChI is InChI=1S/C4H10N2.2ClH.Zn/c1-2-6-4-3-5-1;;;/h5-6H,1-4H2;2*1H;/q;;;+2/p-2. The molecule has 1 saturated heterocycles. The Morgan fingerprint density at radius 1 is 0.667 bits per heavy atom. The normalized spacial score (nSPS) is 16.0. The van der Waals surface area contributed by atoms with Gasteiger partial charge in [-0.2, -0.15) is 0 Å². The fraction of sp³-hybridized carbons (Fsp3) is 1.00. The van der Waals surface area contributed by atoms with Gasteiger partial charge in [0.2, 0.25) is 0 Å². The molecular weight excluding hydrogens is 212 g/mol.